The number of nitrogens with zero attached hydrogens (tertiary/aromatic N) is 1. The molecule has 0 amide bonds. The average Bonchev–Trinajstić information content (AvgIpc) is 2.53. The third-order valence-electron chi connectivity index (χ3n) is 3.72. The smallest absolute Gasteiger partial charge is 0.0514 e. The van der Waals surface area contributed by atoms with Crippen molar-refractivity contribution >= 4 is 5.69 Å². The number of anilines is 1. The molecule has 2 rings (SSSR count). The Morgan fingerprint density at radius 1 is 1.00 bits per heavy atom. The maximum absolute atomic E-state index is 5.67. The lowest BCUT2D eigenvalue weighted by molar-refractivity contribution is 0.659. The monoisotopic (exact) mass is 268 g/mol. The van der Waals surface area contributed by atoms with E-state index in [-0.39, 0.29) is 0 Å². The van der Waals surface area contributed by atoms with Gasteiger partial charge in [-0.05, 0) is 36.6 Å². The standard InChI is InChI=1S/C18H24N2/c1-3-13-20(15(2)17-7-5-4-6-8-17)18-11-9-16(14-19)10-12-18/h4-12,15H,3,13-14,19H2,1-2H3. The van der Waals surface area contributed by atoms with Crippen LogP contribution in [0.3, 0.4) is 0 Å². The van der Waals surface area contributed by atoms with Gasteiger partial charge in [0.25, 0.3) is 0 Å². The number of hydrogen-bond acceptors (Lipinski definition) is 2. The Labute approximate surface area is 122 Å². The van der Waals surface area contributed by atoms with Gasteiger partial charge in [-0.25, -0.2) is 0 Å². The second kappa shape index (κ2) is 7.11. The van der Waals surface area contributed by atoms with Crippen LogP contribution in [0.2, 0.25) is 0 Å². The Morgan fingerprint density at radius 3 is 2.20 bits per heavy atom. The summed E-state index contributed by atoms with van der Waals surface area (Å²) in [6.07, 6.45) is 1.13. The van der Waals surface area contributed by atoms with Gasteiger partial charge in [0.05, 0.1) is 6.04 Å². The van der Waals surface area contributed by atoms with Gasteiger partial charge in [0.1, 0.15) is 0 Å². The highest BCUT2D eigenvalue weighted by atomic mass is 15.2. The normalized spacial score (nSPS) is 12.2. The Morgan fingerprint density at radius 2 is 1.65 bits per heavy atom. The fourth-order valence-electron chi connectivity index (χ4n) is 2.52. The van der Waals surface area contributed by atoms with Crippen molar-refractivity contribution in [2.75, 3.05) is 11.4 Å². The van der Waals surface area contributed by atoms with Gasteiger partial charge < -0.3 is 10.6 Å². The third kappa shape index (κ3) is 3.40. The summed E-state index contributed by atoms with van der Waals surface area (Å²) < 4.78 is 0. The van der Waals surface area contributed by atoms with E-state index in [4.69, 9.17) is 5.73 Å². The van der Waals surface area contributed by atoms with Crippen LogP contribution in [-0.2, 0) is 6.54 Å². The van der Waals surface area contributed by atoms with E-state index in [2.05, 4.69) is 73.3 Å². The molecule has 0 saturated carbocycles. The molecule has 0 saturated heterocycles. The number of rotatable bonds is 6. The van der Waals surface area contributed by atoms with Crippen molar-refractivity contribution in [3.63, 3.8) is 0 Å². The van der Waals surface area contributed by atoms with Gasteiger partial charge >= 0.3 is 0 Å². The van der Waals surface area contributed by atoms with E-state index in [1.807, 2.05) is 0 Å². The molecule has 2 heteroatoms. The Kier molecular flexibility index (Phi) is 5.19. The van der Waals surface area contributed by atoms with Crippen molar-refractivity contribution in [1.82, 2.24) is 0 Å². The number of benzene rings is 2. The lowest BCUT2D eigenvalue weighted by Crippen LogP contribution is -2.27. The number of hydrogen-bond donors (Lipinski definition) is 1. The molecule has 0 spiro atoms. The van der Waals surface area contributed by atoms with Crippen LogP contribution in [0.5, 0.6) is 0 Å². The molecule has 1 atom stereocenters. The van der Waals surface area contributed by atoms with Crippen LogP contribution >= 0.6 is 0 Å². The molecule has 1 unspecified atom stereocenters. The van der Waals surface area contributed by atoms with Crippen molar-refractivity contribution in [1.29, 1.82) is 0 Å². The minimum atomic E-state index is 0.375. The lowest BCUT2D eigenvalue weighted by Gasteiger charge is -2.31. The zero-order valence-corrected chi connectivity index (χ0v) is 12.4. The fraction of sp³-hybridized carbons (Fsp3) is 0.333. The molecule has 0 fully saturated rings. The van der Waals surface area contributed by atoms with Gasteiger partial charge in [0, 0.05) is 18.8 Å². The summed E-state index contributed by atoms with van der Waals surface area (Å²) >= 11 is 0. The van der Waals surface area contributed by atoms with E-state index in [1.54, 1.807) is 0 Å². The molecular weight excluding hydrogens is 244 g/mol. The summed E-state index contributed by atoms with van der Waals surface area (Å²) in [5.41, 5.74) is 9.47. The van der Waals surface area contributed by atoms with E-state index >= 15 is 0 Å². The van der Waals surface area contributed by atoms with Gasteiger partial charge in [0.2, 0.25) is 0 Å². The molecule has 106 valence electrons. The summed E-state index contributed by atoms with van der Waals surface area (Å²) in [6, 6.07) is 19.6. The zero-order chi connectivity index (χ0) is 14.4. The van der Waals surface area contributed by atoms with E-state index in [0.29, 0.717) is 12.6 Å². The SMILES string of the molecule is CCCN(c1ccc(CN)cc1)C(C)c1ccccc1. The van der Waals surface area contributed by atoms with E-state index in [9.17, 15) is 0 Å². The van der Waals surface area contributed by atoms with E-state index < -0.39 is 0 Å². The highest BCUT2D eigenvalue weighted by Gasteiger charge is 2.15. The van der Waals surface area contributed by atoms with Gasteiger partial charge in [-0.2, -0.15) is 0 Å². The summed E-state index contributed by atoms with van der Waals surface area (Å²) in [5.74, 6) is 0. The molecule has 20 heavy (non-hydrogen) atoms. The van der Waals surface area contributed by atoms with Crippen LogP contribution in [-0.4, -0.2) is 6.54 Å². The van der Waals surface area contributed by atoms with E-state index in [1.165, 1.54) is 16.8 Å². The van der Waals surface area contributed by atoms with Crippen molar-refractivity contribution in [2.24, 2.45) is 5.73 Å². The average molecular weight is 268 g/mol. The van der Waals surface area contributed by atoms with Gasteiger partial charge in [0.15, 0.2) is 0 Å². The first-order valence-corrected chi connectivity index (χ1v) is 7.37. The highest BCUT2D eigenvalue weighted by molar-refractivity contribution is 5.50. The molecular formula is C18H24N2. The van der Waals surface area contributed by atoms with Gasteiger partial charge in [-0.1, -0.05) is 49.4 Å². The Balaban J connectivity index is 2.25. The lowest BCUT2D eigenvalue weighted by atomic mass is 10.1. The predicted molar refractivity (Wildman–Crippen MR) is 86.8 cm³/mol. The minimum absolute atomic E-state index is 0.375. The molecule has 0 aliphatic carbocycles. The van der Waals surface area contributed by atoms with Crippen LogP contribution in [0.15, 0.2) is 54.6 Å². The molecule has 0 aliphatic heterocycles. The maximum atomic E-state index is 5.67. The molecule has 0 heterocycles. The molecule has 0 bridgehead atoms. The van der Waals surface area contributed by atoms with Crippen LogP contribution in [0, 0.1) is 0 Å². The summed E-state index contributed by atoms with van der Waals surface area (Å²) in [6.45, 7) is 6.14. The molecule has 0 aromatic heterocycles. The molecule has 0 radical (unpaired) electrons. The third-order valence-corrected chi connectivity index (χ3v) is 3.72. The first kappa shape index (κ1) is 14.6. The van der Waals surface area contributed by atoms with Crippen molar-refractivity contribution in [2.45, 2.75) is 32.9 Å². The Bertz CT molecular complexity index is 505. The zero-order valence-electron chi connectivity index (χ0n) is 12.4. The van der Waals surface area contributed by atoms with Crippen LogP contribution in [0.25, 0.3) is 0 Å². The van der Waals surface area contributed by atoms with Crippen LogP contribution < -0.4 is 10.6 Å². The van der Waals surface area contributed by atoms with Crippen LogP contribution in [0.4, 0.5) is 5.69 Å². The van der Waals surface area contributed by atoms with Crippen LogP contribution in [0.1, 0.15) is 37.4 Å². The first-order valence-electron chi connectivity index (χ1n) is 7.37. The minimum Gasteiger partial charge on any atom is -0.365 e. The Hall–Kier alpha value is -1.80. The quantitative estimate of drug-likeness (QED) is 0.853. The maximum Gasteiger partial charge on any atom is 0.0514 e. The topological polar surface area (TPSA) is 29.3 Å². The molecule has 0 aliphatic rings. The van der Waals surface area contributed by atoms with Gasteiger partial charge in [-0.3, -0.25) is 0 Å². The summed E-state index contributed by atoms with van der Waals surface area (Å²) in [4.78, 5) is 2.45. The molecule has 2 aromatic carbocycles. The first-order chi connectivity index (χ1) is 9.76. The summed E-state index contributed by atoms with van der Waals surface area (Å²) in [7, 11) is 0. The predicted octanol–water partition coefficient (Wildman–Crippen LogP) is 4.12. The molecule has 2 N–H and O–H groups in total. The van der Waals surface area contributed by atoms with E-state index in [0.717, 1.165) is 13.0 Å². The van der Waals surface area contributed by atoms with Crippen molar-refractivity contribution in [3.8, 4) is 0 Å². The highest BCUT2D eigenvalue weighted by Crippen LogP contribution is 2.27. The van der Waals surface area contributed by atoms with Crippen molar-refractivity contribution in [3.05, 3.63) is 65.7 Å². The second-order valence-electron chi connectivity index (χ2n) is 5.15. The largest absolute Gasteiger partial charge is 0.365 e. The molecule has 2 nitrogen and oxygen atoms in total. The molecule has 2 aromatic rings. The fourth-order valence-corrected chi connectivity index (χ4v) is 2.52. The second-order valence-corrected chi connectivity index (χ2v) is 5.15. The van der Waals surface area contributed by atoms with Crippen molar-refractivity contribution < 1.29 is 0 Å². The van der Waals surface area contributed by atoms with Gasteiger partial charge in [-0.15, -0.1) is 0 Å². The number of nitrogens with two attached hydrogens (primary N) is 1. The summed E-state index contributed by atoms with van der Waals surface area (Å²) in [5, 5.41) is 0.